The molecule has 1 aromatic carbocycles. The number of hydrogen-bond donors (Lipinski definition) is 3. The van der Waals surface area contributed by atoms with Gasteiger partial charge in [0.15, 0.2) is 11.5 Å². The molecule has 24 heavy (non-hydrogen) atoms. The molecule has 2 heterocycles. The summed E-state index contributed by atoms with van der Waals surface area (Å²) in [7, 11) is 0. The van der Waals surface area contributed by atoms with Crippen LogP contribution in [0.1, 0.15) is 27.2 Å². The van der Waals surface area contributed by atoms with E-state index in [9.17, 15) is 4.79 Å². The van der Waals surface area contributed by atoms with Gasteiger partial charge in [0.25, 0.3) is 5.91 Å². The number of aromatic nitrogens is 4. The summed E-state index contributed by atoms with van der Waals surface area (Å²) in [6.07, 6.45) is 3.37. The highest BCUT2D eigenvalue weighted by Crippen LogP contribution is 2.19. The van der Waals surface area contributed by atoms with E-state index in [0.717, 1.165) is 16.8 Å². The Morgan fingerprint density at radius 1 is 1.08 bits per heavy atom. The highest BCUT2D eigenvalue weighted by atomic mass is 16.2. The molecule has 0 aliphatic heterocycles. The Kier molecular flexibility index (Phi) is 4.51. The van der Waals surface area contributed by atoms with Gasteiger partial charge in [-0.25, -0.2) is 0 Å². The first-order valence-corrected chi connectivity index (χ1v) is 7.55. The molecule has 1 amide bonds. The Bertz CT molecular complexity index is 843. The van der Waals surface area contributed by atoms with Crippen molar-refractivity contribution in [3.05, 3.63) is 65.1 Å². The molecule has 7 nitrogen and oxygen atoms in total. The zero-order valence-electron chi connectivity index (χ0n) is 13.5. The zero-order valence-corrected chi connectivity index (χ0v) is 13.5. The maximum atomic E-state index is 12.3. The molecular formula is C17H18N6O. The lowest BCUT2D eigenvalue weighted by atomic mass is 10.1. The Balaban J connectivity index is 1.70. The van der Waals surface area contributed by atoms with E-state index in [0.29, 0.717) is 12.4 Å². The Hall–Kier alpha value is -3.22. The third-order valence-electron chi connectivity index (χ3n) is 3.74. The lowest BCUT2D eigenvalue weighted by molar-refractivity contribution is 0.0946. The maximum Gasteiger partial charge on any atom is 0.275 e. The Morgan fingerprint density at radius 3 is 2.62 bits per heavy atom. The average Bonchev–Trinajstić information content (AvgIpc) is 3.05. The van der Waals surface area contributed by atoms with Crippen molar-refractivity contribution in [1.82, 2.24) is 25.7 Å². The molecule has 0 fully saturated rings. The normalized spacial score (nSPS) is 10.4. The van der Waals surface area contributed by atoms with Crippen molar-refractivity contribution in [2.75, 3.05) is 5.32 Å². The van der Waals surface area contributed by atoms with Gasteiger partial charge in [0.2, 0.25) is 0 Å². The number of nitrogens with one attached hydrogen (secondary N) is 3. The molecule has 0 atom stereocenters. The van der Waals surface area contributed by atoms with Crippen LogP contribution in [0.5, 0.6) is 0 Å². The van der Waals surface area contributed by atoms with Gasteiger partial charge in [-0.15, -0.1) is 10.2 Å². The van der Waals surface area contributed by atoms with Gasteiger partial charge < -0.3 is 10.6 Å². The van der Waals surface area contributed by atoms with Gasteiger partial charge in [0.05, 0.1) is 0 Å². The summed E-state index contributed by atoms with van der Waals surface area (Å²) in [5.74, 6) is 0.0948. The summed E-state index contributed by atoms with van der Waals surface area (Å²) in [5.41, 5.74) is 4.41. The van der Waals surface area contributed by atoms with E-state index in [1.54, 1.807) is 12.4 Å². The SMILES string of the molecule is Cc1ccc(Nc2n[nH]nc2C(=O)NCc2ccncc2)cc1C. The molecular weight excluding hydrogens is 304 g/mol. The third kappa shape index (κ3) is 3.57. The minimum atomic E-state index is -0.299. The molecule has 0 saturated carbocycles. The van der Waals surface area contributed by atoms with Gasteiger partial charge in [0, 0.05) is 24.6 Å². The summed E-state index contributed by atoms with van der Waals surface area (Å²) < 4.78 is 0. The van der Waals surface area contributed by atoms with Crippen LogP contribution in [-0.2, 0) is 6.54 Å². The number of pyridine rings is 1. The highest BCUT2D eigenvalue weighted by molar-refractivity contribution is 5.97. The zero-order chi connectivity index (χ0) is 16.9. The second-order valence-electron chi connectivity index (χ2n) is 5.48. The van der Waals surface area contributed by atoms with Crippen molar-refractivity contribution < 1.29 is 4.79 Å². The van der Waals surface area contributed by atoms with E-state index in [2.05, 4.69) is 31.0 Å². The fourth-order valence-corrected chi connectivity index (χ4v) is 2.20. The number of aryl methyl sites for hydroxylation is 2. The van der Waals surface area contributed by atoms with Crippen LogP contribution in [0.25, 0.3) is 0 Å². The highest BCUT2D eigenvalue weighted by Gasteiger charge is 2.16. The fraction of sp³-hybridized carbons (Fsp3) is 0.176. The smallest absolute Gasteiger partial charge is 0.275 e. The number of nitrogens with zero attached hydrogens (tertiary/aromatic N) is 3. The lowest BCUT2D eigenvalue weighted by Crippen LogP contribution is -2.24. The fourth-order valence-electron chi connectivity index (χ4n) is 2.20. The third-order valence-corrected chi connectivity index (χ3v) is 3.74. The quantitative estimate of drug-likeness (QED) is 0.671. The lowest BCUT2D eigenvalue weighted by Gasteiger charge is -2.08. The van der Waals surface area contributed by atoms with Crippen molar-refractivity contribution in [2.24, 2.45) is 0 Å². The topological polar surface area (TPSA) is 95.6 Å². The number of hydrogen-bond acceptors (Lipinski definition) is 5. The van der Waals surface area contributed by atoms with Gasteiger partial charge in [0.1, 0.15) is 0 Å². The molecule has 0 bridgehead atoms. The minimum absolute atomic E-state index is 0.224. The molecule has 2 aromatic heterocycles. The maximum absolute atomic E-state index is 12.3. The van der Waals surface area contributed by atoms with Crippen LogP contribution in [0.2, 0.25) is 0 Å². The first-order chi connectivity index (χ1) is 11.6. The number of anilines is 2. The largest absolute Gasteiger partial charge is 0.346 e. The predicted octanol–water partition coefficient (Wildman–Crippen LogP) is 2.49. The minimum Gasteiger partial charge on any atom is -0.346 e. The van der Waals surface area contributed by atoms with E-state index in [1.165, 1.54) is 5.56 Å². The van der Waals surface area contributed by atoms with E-state index in [1.807, 2.05) is 44.2 Å². The number of carbonyl (C=O) groups is 1. The molecule has 3 N–H and O–H groups in total. The van der Waals surface area contributed by atoms with Crippen molar-refractivity contribution >= 4 is 17.4 Å². The molecule has 7 heteroatoms. The van der Waals surface area contributed by atoms with E-state index < -0.39 is 0 Å². The van der Waals surface area contributed by atoms with Crippen LogP contribution < -0.4 is 10.6 Å². The summed E-state index contributed by atoms with van der Waals surface area (Å²) in [4.78, 5) is 16.3. The molecule has 122 valence electrons. The van der Waals surface area contributed by atoms with E-state index in [4.69, 9.17) is 0 Å². The predicted molar refractivity (Wildman–Crippen MR) is 91.0 cm³/mol. The molecule has 0 saturated heterocycles. The monoisotopic (exact) mass is 322 g/mol. The van der Waals surface area contributed by atoms with Crippen LogP contribution in [0, 0.1) is 13.8 Å². The molecule has 3 rings (SSSR count). The van der Waals surface area contributed by atoms with Crippen molar-refractivity contribution in [2.45, 2.75) is 20.4 Å². The van der Waals surface area contributed by atoms with E-state index in [-0.39, 0.29) is 11.6 Å². The number of H-pyrrole nitrogens is 1. The number of aromatic amines is 1. The molecule has 0 unspecified atom stereocenters. The van der Waals surface area contributed by atoms with Gasteiger partial charge in [-0.3, -0.25) is 9.78 Å². The summed E-state index contributed by atoms with van der Waals surface area (Å²) >= 11 is 0. The Labute approximate surface area is 139 Å². The summed E-state index contributed by atoms with van der Waals surface area (Å²) in [6, 6.07) is 9.65. The van der Waals surface area contributed by atoms with Gasteiger partial charge in [-0.05, 0) is 54.8 Å². The average molecular weight is 322 g/mol. The second-order valence-corrected chi connectivity index (χ2v) is 5.48. The van der Waals surface area contributed by atoms with Crippen LogP contribution in [0.3, 0.4) is 0 Å². The second kappa shape index (κ2) is 6.91. The van der Waals surface area contributed by atoms with E-state index >= 15 is 0 Å². The summed E-state index contributed by atoms with van der Waals surface area (Å²) in [6.45, 7) is 4.48. The Morgan fingerprint density at radius 2 is 1.88 bits per heavy atom. The van der Waals surface area contributed by atoms with Gasteiger partial charge in [-0.1, -0.05) is 6.07 Å². The van der Waals surface area contributed by atoms with Crippen LogP contribution in [0.4, 0.5) is 11.5 Å². The summed E-state index contributed by atoms with van der Waals surface area (Å²) in [5, 5.41) is 16.4. The number of amides is 1. The standard InChI is InChI=1S/C17H18N6O/c1-11-3-4-14(9-12(11)2)20-16-15(21-23-22-16)17(24)19-10-13-5-7-18-8-6-13/h3-9H,10H2,1-2H3,(H,19,24)(H2,20,21,22,23). The first-order valence-electron chi connectivity index (χ1n) is 7.55. The molecule has 0 aliphatic carbocycles. The first kappa shape index (κ1) is 15.7. The van der Waals surface area contributed by atoms with Gasteiger partial charge >= 0.3 is 0 Å². The molecule has 3 aromatic rings. The van der Waals surface area contributed by atoms with Crippen LogP contribution >= 0.6 is 0 Å². The van der Waals surface area contributed by atoms with Crippen LogP contribution in [-0.4, -0.2) is 26.3 Å². The van der Waals surface area contributed by atoms with Gasteiger partial charge in [-0.2, -0.15) is 5.21 Å². The number of benzene rings is 1. The number of rotatable bonds is 5. The molecule has 0 spiro atoms. The molecule has 0 radical (unpaired) electrons. The number of carbonyl (C=O) groups excluding carboxylic acids is 1. The van der Waals surface area contributed by atoms with Crippen molar-refractivity contribution in [1.29, 1.82) is 0 Å². The van der Waals surface area contributed by atoms with Crippen LogP contribution in [0.15, 0.2) is 42.7 Å². The van der Waals surface area contributed by atoms with Crippen molar-refractivity contribution in [3.8, 4) is 0 Å². The molecule has 0 aliphatic rings. The van der Waals surface area contributed by atoms with Crippen molar-refractivity contribution in [3.63, 3.8) is 0 Å².